The highest BCUT2D eigenvalue weighted by molar-refractivity contribution is 5.87. The summed E-state index contributed by atoms with van der Waals surface area (Å²) < 4.78 is 15.3. The predicted octanol–water partition coefficient (Wildman–Crippen LogP) is 7.88. The zero-order valence-electron chi connectivity index (χ0n) is 32.9. The molecule has 2 saturated carbocycles. The van der Waals surface area contributed by atoms with Gasteiger partial charge in [0.1, 0.15) is 11.7 Å². The fourth-order valence-electron chi connectivity index (χ4n) is 11.1. The number of nitrogens with one attached hydrogen (secondary N) is 3. The number of anilines is 2. The van der Waals surface area contributed by atoms with E-state index in [9.17, 15) is 4.79 Å². The summed E-state index contributed by atoms with van der Waals surface area (Å²) in [7, 11) is 0. The summed E-state index contributed by atoms with van der Waals surface area (Å²) in [6, 6.07) is 17.6. The zero-order chi connectivity index (χ0) is 38.0. The molecule has 4 aliphatic heterocycles. The van der Waals surface area contributed by atoms with Crippen LogP contribution in [0.2, 0.25) is 0 Å². The number of benzene rings is 2. The van der Waals surface area contributed by atoms with E-state index in [1.165, 1.54) is 85.9 Å². The van der Waals surface area contributed by atoms with Gasteiger partial charge in [-0.3, -0.25) is 19.8 Å². The van der Waals surface area contributed by atoms with E-state index in [0.29, 0.717) is 30.7 Å². The number of hydrogen-bond donors (Lipinski definition) is 3. The highest BCUT2D eigenvalue weighted by Gasteiger charge is 2.49. The fourth-order valence-corrected chi connectivity index (χ4v) is 11.1. The molecule has 10 heteroatoms. The van der Waals surface area contributed by atoms with Gasteiger partial charge in [-0.1, -0.05) is 24.8 Å². The number of fused-ring (bicyclic) bond motifs is 3. The van der Waals surface area contributed by atoms with Gasteiger partial charge in [0, 0.05) is 49.0 Å². The second-order valence-corrected chi connectivity index (χ2v) is 18.5. The van der Waals surface area contributed by atoms with Gasteiger partial charge < -0.3 is 20.4 Å². The average molecular weight is 757 g/mol. The van der Waals surface area contributed by atoms with E-state index in [0.717, 1.165) is 60.9 Å². The van der Waals surface area contributed by atoms with Gasteiger partial charge >= 0.3 is 0 Å². The molecular formula is C46H57FN8O. The number of amides is 1. The van der Waals surface area contributed by atoms with E-state index in [-0.39, 0.29) is 24.0 Å². The van der Waals surface area contributed by atoms with Gasteiger partial charge in [0.15, 0.2) is 0 Å². The molecule has 10 rings (SSSR count). The molecule has 9 nitrogen and oxygen atoms in total. The Balaban J connectivity index is 0.708. The maximum atomic E-state index is 15.3. The molecule has 3 atom stereocenters. The van der Waals surface area contributed by atoms with Crippen LogP contribution in [0.15, 0.2) is 73.2 Å². The van der Waals surface area contributed by atoms with Crippen molar-refractivity contribution in [2.75, 3.05) is 49.5 Å². The number of carbonyl (C=O) groups excluding carboxylic acids is 1. The molecule has 2 aromatic heterocycles. The van der Waals surface area contributed by atoms with Gasteiger partial charge in [-0.05, 0) is 155 Å². The number of pyridine rings is 1. The molecular weight excluding hydrogens is 700 g/mol. The first kappa shape index (κ1) is 36.1. The lowest BCUT2D eigenvalue weighted by molar-refractivity contribution is -0.122. The van der Waals surface area contributed by atoms with Crippen LogP contribution in [-0.4, -0.2) is 87.9 Å². The SMILES string of the molecule is C=C1CC[C@H](Nc2ccc(C3CCN(CC4CC5(CCN(c6ccc([C@@H]7c8ccc9[nH]ncc9c8C[C@@H](C)N7CC7(F)CC7)nc6)CC5)C4)CC3)cc2)C(=O)N1. The molecule has 5 fully saturated rings. The van der Waals surface area contributed by atoms with Crippen molar-refractivity contribution in [3.8, 4) is 0 Å². The van der Waals surface area contributed by atoms with E-state index >= 15 is 4.39 Å². The van der Waals surface area contributed by atoms with Crippen LogP contribution in [0.3, 0.4) is 0 Å². The van der Waals surface area contributed by atoms with Gasteiger partial charge in [-0.25, -0.2) is 4.39 Å². The minimum absolute atomic E-state index is 0.0175. The summed E-state index contributed by atoms with van der Waals surface area (Å²) in [6.45, 7) is 12.4. The molecule has 6 aliphatic rings. The third-order valence-electron chi connectivity index (χ3n) is 14.6. The number of piperidine rings is 3. The molecule has 2 aliphatic carbocycles. The number of allylic oxidation sites excluding steroid dienone is 1. The molecule has 3 N–H and O–H groups in total. The van der Waals surface area contributed by atoms with Crippen LogP contribution in [0.25, 0.3) is 10.9 Å². The first-order valence-electron chi connectivity index (χ1n) is 21.4. The molecule has 1 amide bonds. The van der Waals surface area contributed by atoms with Crippen molar-refractivity contribution in [1.29, 1.82) is 0 Å². The summed E-state index contributed by atoms with van der Waals surface area (Å²) in [4.78, 5) is 25.1. The van der Waals surface area contributed by atoms with Crippen LogP contribution in [0, 0.1) is 11.3 Å². The maximum Gasteiger partial charge on any atom is 0.246 e. The van der Waals surface area contributed by atoms with E-state index in [2.05, 4.69) is 104 Å². The number of aromatic amines is 1. The summed E-state index contributed by atoms with van der Waals surface area (Å²) in [5, 5.41) is 14.9. The van der Waals surface area contributed by atoms with Crippen molar-refractivity contribution in [3.63, 3.8) is 0 Å². The Morgan fingerprint density at radius 2 is 1.73 bits per heavy atom. The number of H-pyrrole nitrogens is 1. The normalized spacial score (nSPS) is 26.9. The van der Waals surface area contributed by atoms with Crippen molar-refractivity contribution in [1.82, 2.24) is 30.3 Å². The first-order chi connectivity index (χ1) is 27.2. The number of rotatable bonds is 9. The molecule has 6 heterocycles. The minimum Gasteiger partial charge on any atom is -0.374 e. The maximum absolute atomic E-state index is 15.3. The Morgan fingerprint density at radius 1 is 0.946 bits per heavy atom. The van der Waals surface area contributed by atoms with Gasteiger partial charge in [0.2, 0.25) is 5.91 Å². The lowest BCUT2D eigenvalue weighted by Crippen LogP contribution is -2.50. The number of hydrogen-bond acceptors (Lipinski definition) is 7. The largest absolute Gasteiger partial charge is 0.374 e. The van der Waals surface area contributed by atoms with E-state index in [1.54, 1.807) is 0 Å². The van der Waals surface area contributed by atoms with Gasteiger partial charge in [0.25, 0.3) is 0 Å². The highest BCUT2D eigenvalue weighted by atomic mass is 19.1. The summed E-state index contributed by atoms with van der Waals surface area (Å²) >= 11 is 0. The van der Waals surface area contributed by atoms with E-state index < -0.39 is 5.67 Å². The quantitative estimate of drug-likeness (QED) is 0.160. The number of carbonyl (C=O) groups is 1. The van der Waals surface area contributed by atoms with Crippen molar-refractivity contribution in [2.45, 2.75) is 107 Å². The lowest BCUT2D eigenvalue weighted by atomic mass is 9.57. The van der Waals surface area contributed by atoms with E-state index in [1.807, 2.05) is 6.20 Å². The number of likely N-dealkylation sites (tertiary alicyclic amines) is 1. The van der Waals surface area contributed by atoms with Crippen LogP contribution >= 0.6 is 0 Å². The third-order valence-corrected chi connectivity index (χ3v) is 14.6. The summed E-state index contributed by atoms with van der Waals surface area (Å²) in [5.74, 6) is 1.45. The first-order valence-corrected chi connectivity index (χ1v) is 21.4. The summed E-state index contributed by atoms with van der Waals surface area (Å²) in [6.07, 6.45) is 15.6. The van der Waals surface area contributed by atoms with Crippen LogP contribution in [0.5, 0.6) is 0 Å². The standard InChI is InChI=1S/C46H57FN8O/c1-30-3-10-42(44(56)50-30)51-35-6-4-33(5-7-35)34-13-19-53(20-14-34)28-32-24-45(25-32)17-21-54(22-18-45)36-8-11-41(48-26-36)43-37-9-12-40-39(27-49-52-40)38(37)23-31(2)55(43)29-46(47)15-16-46/h4-9,11-12,26-27,31-32,34,42-43,51H,1,3,10,13-25,28-29H2,2H3,(H,49,52)(H,50,56)/t31-,42+,43+/m1/s1. The van der Waals surface area contributed by atoms with Crippen LogP contribution in [-0.2, 0) is 11.2 Å². The molecule has 3 saturated heterocycles. The third kappa shape index (κ3) is 7.01. The van der Waals surface area contributed by atoms with Gasteiger partial charge in [0.05, 0.1) is 35.3 Å². The number of halogens is 1. The van der Waals surface area contributed by atoms with Crippen molar-refractivity contribution >= 4 is 28.2 Å². The molecule has 1 spiro atoms. The molecule has 294 valence electrons. The van der Waals surface area contributed by atoms with Crippen molar-refractivity contribution in [3.05, 3.63) is 95.6 Å². The average Bonchev–Trinajstić information content (AvgIpc) is 3.72. The molecule has 2 aromatic carbocycles. The second kappa shape index (κ2) is 14.3. The Hall–Kier alpha value is -4.28. The Morgan fingerprint density at radius 3 is 2.45 bits per heavy atom. The van der Waals surface area contributed by atoms with Crippen LogP contribution in [0.4, 0.5) is 15.8 Å². The molecule has 0 radical (unpaired) electrons. The van der Waals surface area contributed by atoms with Gasteiger partial charge in [-0.2, -0.15) is 5.10 Å². The Kier molecular flexibility index (Phi) is 9.20. The summed E-state index contributed by atoms with van der Waals surface area (Å²) in [5.41, 5.74) is 8.54. The van der Waals surface area contributed by atoms with Crippen molar-refractivity contribution < 1.29 is 9.18 Å². The number of aromatic nitrogens is 3. The highest BCUT2D eigenvalue weighted by Crippen LogP contribution is 2.53. The second-order valence-electron chi connectivity index (χ2n) is 18.5. The van der Waals surface area contributed by atoms with Gasteiger partial charge in [-0.15, -0.1) is 0 Å². The predicted molar refractivity (Wildman–Crippen MR) is 221 cm³/mol. The number of nitrogens with zero attached hydrogens (tertiary/aromatic N) is 5. The Labute approximate surface area is 330 Å². The molecule has 56 heavy (non-hydrogen) atoms. The molecule has 0 unspecified atom stereocenters. The smallest absolute Gasteiger partial charge is 0.246 e. The zero-order valence-corrected chi connectivity index (χ0v) is 32.9. The van der Waals surface area contributed by atoms with Crippen LogP contribution in [0.1, 0.15) is 105 Å². The fraction of sp³-hybridized carbons (Fsp3) is 0.543. The van der Waals surface area contributed by atoms with E-state index in [4.69, 9.17) is 4.98 Å². The molecule has 0 bridgehead atoms. The number of alkyl halides is 1. The molecule has 4 aromatic rings. The van der Waals surface area contributed by atoms with Crippen LogP contribution < -0.4 is 15.5 Å². The topological polar surface area (TPSA) is 92.4 Å². The monoisotopic (exact) mass is 756 g/mol. The minimum atomic E-state index is -1.06. The Bertz CT molecular complexity index is 2070. The lowest BCUT2D eigenvalue weighted by Gasteiger charge is -2.54. The van der Waals surface area contributed by atoms with Crippen molar-refractivity contribution in [2.24, 2.45) is 11.3 Å².